The molecule has 24 nitrogen and oxygen atoms in total. The zero-order valence-corrected chi connectivity index (χ0v) is 37.0. The van der Waals surface area contributed by atoms with Crippen molar-refractivity contribution in [2.45, 2.75) is 110 Å². The standard InChI is InChI=1S/C47H48FNO23/c48-21-12-9-18(10-13-21)26(69-47-36(58)30(52)33(55)40(72-47)44(64)65)17-66-37-27(49(41(37)59)22-6-2-1-3-7-22)24-14-11-20(16-25(24)68-46-35(57)29(51)32(54)39(71-46)43(62)63)19-5-4-8-23(15-19)67-45-34(56)28(50)31(53)38(70-45)42(60)61/h1-16,26-40,45-47,50-58H,17H2,(H,60,61)(H,62,63)(H,64,65)/t26-,27+,28?,29?,30-,31?,32?,33+,34?,35?,36?,37+,38?,39?,40?,45+,46+,47+/m0/s1. The third-order valence-corrected chi connectivity index (χ3v) is 12.5. The third-order valence-electron chi connectivity index (χ3n) is 12.5. The minimum Gasteiger partial charge on any atom is -0.479 e. The van der Waals surface area contributed by atoms with Crippen molar-refractivity contribution >= 4 is 29.5 Å². The van der Waals surface area contributed by atoms with Gasteiger partial charge in [-0.2, -0.15) is 0 Å². The van der Waals surface area contributed by atoms with E-state index in [1.165, 1.54) is 53.4 Å². The van der Waals surface area contributed by atoms with Gasteiger partial charge >= 0.3 is 17.9 Å². The average Bonchev–Trinajstić information content (AvgIpc) is 3.36. The molecule has 4 heterocycles. The smallest absolute Gasteiger partial charge is 0.335 e. The van der Waals surface area contributed by atoms with E-state index in [2.05, 4.69) is 0 Å². The lowest BCUT2D eigenvalue weighted by Gasteiger charge is -2.48. The fourth-order valence-electron chi connectivity index (χ4n) is 8.58. The molecule has 8 rings (SSSR count). The maximum atomic E-state index is 14.3. The molecular weight excluding hydrogens is 965 g/mol. The first-order valence-electron chi connectivity index (χ1n) is 22.0. The zero-order valence-electron chi connectivity index (χ0n) is 37.0. The van der Waals surface area contributed by atoms with Crippen LogP contribution in [0, 0.1) is 5.82 Å². The first-order valence-corrected chi connectivity index (χ1v) is 22.0. The minimum absolute atomic E-state index is 0.0511. The molecule has 10 unspecified atom stereocenters. The van der Waals surface area contributed by atoms with Crippen LogP contribution in [0.3, 0.4) is 0 Å². The fourth-order valence-corrected chi connectivity index (χ4v) is 8.58. The molecule has 25 heteroatoms. The second-order valence-corrected chi connectivity index (χ2v) is 17.1. The lowest BCUT2D eigenvalue weighted by molar-refractivity contribution is -0.309. The van der Waals surface area contributed by atoms with Crippen molar-refractivity contribution in [3.8, 4) is 22.6 Å². The number of carbonyl (C=O) groups is 4. The van der Waals surface area contributed by atoms with E-state index in [-0.39, 0.29) is 28.2 Å². The Morgan fingerprint density at radius 1 is 0.569 bits per heavy atom. The summed E-state index contributed by atoms with van der Waals surface area (Å²) in [6.45, 7) is -0.622. The Hall–Kier alpha value is -6.27. The van der Waals surface area contributed by atoms with Gasteiger partial charge in [0.1, 0.15) is 84.4 Å². The summed E-state index contributed by atoms with van der Waals surface area (Å²) < 4.78 is 54.4. The zero-order chi connectivity index (χ0) is 51.9. The van der Waals surface area contributed by atoms with E-state index < -0.39 is 147 Å². The maximum Gasteiger partial charge on any atom is 0.335 e. The number of carboxylic acids is 3. The molecule has 0 spiro atoms. The van der Waals surface area contributed by atoms with Crippen LogP contribution >= 0.6 is 0 Å². The van der Waals surface area contributed by atoms with Crippen molar-refractivity contribution < 1.29 is 118 Å². The number of β-lactam (4-membered cyclic amide) rings is 1. The van der Waals surface area contributed by atoms with E-state index in [1.807, 2.05) is 0 Å². The Morgan fingerprint density at radius 3 is 1.64 bits per heavy atom. The molecule has 0 aliphatic carbocycles. The van der Waals surface area contributed by atoms with Crippen molar-refractivity contribution in [3.05, 3.63) is 114 Å². The number of halogens is 1. The highest BCUT2D eigenvalue weighted by Crippen LogP contribution is 2.46. The molecule has 386 valence electrons. The van der Waals surface area contributed by atoms with E-state index in [0.717, 1.165) is 12.1 Å². The topological polar surface area (TPSA) is 379 Å². The Kier molecular flexibility index (Phi) is 15.5. The molecular formula is C47H48FNO23. The van der Waals surface area contributed by atoms with Gasteiger partial charge in [0.05, 0.1) is 6.61 Å². The van der Waals surface area contributed by atoms with Gasteiger partial charge in [0, 0.05) is 11.3 Å². The van der Waals surface area contributed by atoms with Crippen LogP contribution in [0.4, 0.5) is 10.1 Å². The molecule has 0 saturated carbocycles. The molecule has 4 saturated heterocycles. The number of hydrogen-bond donors (Lipinski definition) is 12. The van der Waals surface area contributed by atoms with E-state index in [4.69, 9.17) is 33.2 Å². The Morgan fingerprint density at radius 2 is 1.08 bits per heavy atom. The Labute approximate surface area is 405 Å². The van der Waals surface area contributed by atoms with Crippen LogP contribution in [0.5, 0.6) is 11.5 Å². The van der Waals surface area contributed by atoms with Gasteiger partial charge in [0.25, 0.3) is 5.91 Å². The number of anilines is 1. The second-order valence-electron chi connectivity index (χ2n) is 17.1. The van der Waals surface area contributed by atoms with Crippen LogP contribution in [0.25, 0.3) is 11.1 Å². The molecule has 4 aromatic carbocycles. The number of aliphatic carboxylic acids is 3. The number of aliphatic hydroxyl groups excluding tert-OH is 9. The van der Waals surface area contributed by atoms with Gasteiger partial charge in [-0.05, 0) is 59.2 Å². The molecule has 0 radical (unpaired) electrons. The largest absolute Gasteiger partial charge is 0.479 e. The van der Waals surface area contributed by atoms with Crippen LogP contribution in [-0.4, -0.2) is 190 Å². The second kappa shape index (κ2) is 21.4. The predicted molar refractivity (Wildman–Crippen MR) is 233 cm³/mol. The Bertz CT molecular complexity index is 2590. The summed E-state index contributed by atoms with van der Waals surface area (Å²) >= 11 is 0. The SMILES string of the molecule is O=C(O)C1O[C@@H](Oc2cccc(-c3ccc([C@@H]4[C@@H](OC[C@H](O[C@@H]5OC(C(=O)O)[C@H](O)[C@H](O)C5O)c5ccc(F)cc5)C(=O)N4c4ccccc4)c(O[C@@H]4OC(C(=O)O)C(O)C(O)C4O)c3)c2)C(O)C(O)C1O. The highest BCUT2D eigenvalue weighted by molar-refractivity contribution is 6.05. The van der Waals surface area contributed by atoms with E-state index in [9.17, 15) is 84.8 Å². The predicted octanol–water partition coefficient (Wildman–Crippen LogP) is -1.84. The van der Waals surface area contributed by atoms with Gasteiger partial charge in [-0.3, -0.25) is 9.69 Å². The van der Waals surface area contributed by atoms with Crippen LogP contribution in [0.15, 0.2) is 97.1 Å². The van der Waals surface area contributed by atoms with Crippen LogP contribution in [0.2, 0.25) is 0 Å². The fraction of sp³-hybridized carbons (Fsp3) is 0.404. The minimum atomic E-state index is -2.12. The molecule has 18 atom stereocenters. The van der Waals surface area contributed by atoms with Gasteiger partial charge in [-0.1, -0.05) is 54.6 Å². The van der Waals surface area contributed by atoms with Crippen molar-refractivity contribution in [2.24, 2.45) is 0 Å². The lowest BCUT2D eigenvalue weighted by atomic mass is 9.87. The van der Waals surface area contributed by atoms with Crippen molar-refractivity contribution in [1.29, 1.82) is 0 Å². The number of ether oxygens (including phenoxy) is 7. The van der Waals surface area contributed by atoms with Crippen molar-refractivity contribution in [1.82, 2.24) is 0 Å². The first-order chi connectivity index (χ1) is 34.2. The highest BCUT2D eigenvalue weighted by atomic mass is 19.1. The Balaban J connectivity index is 1.16. The molecule has 1 amide bonds. The number of carbonyl (C=O) groups excluding carboxylic acids is 1. The number of hydrogen-bond acceptors (Lipinski definition) is 20. The molecule has 72 heavy (non-hydrogen) atoms. The normalized spacial score (nSPS) is 34.1. The summed E-state index contributed by atoms with van der Waals surface area (Å²) in [5.74, 6) is -6.71. The third kappa shape index (κ3) is 10.3. The number of rotatable bonds is 16. The van der Waals surface area contributed by atoms with Gasteiger partial charge in [-0.15, -0.1) is 0 Å². The summed E-state index contributed by atoms with van der Waals surface area (Å²) in [5, 5.41) is 124. The quantitative estimate of drug-likeness (QED) is 0.0549. The van der Waals surface area contributed by atoms with E-state index in [0.29, 0.717) is 11.3 Å². The molecule has 4 fully saturated rings. The number of nitrogens with zero attached hydrogens (tertiary/aromatic N) is 1. The lowest BCUT2D eigenvalue weighted by Crippen LogP contribution is -2.62. The van der Waals surface area contributed by atoms with Crippen LogP contribution in [0.1, 0.15) is 23.3 Å². The number of aliphatic hydroxyl groups is 9. The molecule has 4 aliphatic heterocycles. The highest BCUT2D eigenvalue weighted by Gasteiger charge is 2.54. The van der Waals surface area contributed by atoms with Crippen LogP contribution in [-0.2, 0) is 42.9 Å². The summed E-state index contributed by atoms with van der Waals surface area (Å²) in [6.07, 6.45) is -33.1. The monoisotopic (exact) mass is 1010 g/mol. The summed E-state index contributed by atoms with van der Waals surface area (Å²) in [7, 11) is 0. The van der Waals surface area contributed by atoms with Gasteiger partial charge in [0.2, 0.25) is 12.6 Å². The molecule has 0 aromatic heterocycles. The van der Waals surface area contributed by atoms with E-state index in [1.54, 1.807) is 36.4 Å². The first kappa shape index (κ1) is 52.1. The number of carboxylic acid groups (broad SMARTS) is 3. The average molecular weight is 1010 g/mol. The summed E-state index contributed by atoms with van der Waals surface area (Å²) in [6, 6.07) is 21.7. The number of benzene rings is 4. The molecule has 12 N–H and O–H groups in total. The van der Waals surface area contributed by atoms with Gasteiger partial charge < -0.3 is 94.4 Å². The number of para-hydroxylation sites is 1. The molecule has 4 aromatic rings. The van der Waals surface area contributed by atoms with Crippen molar-refractivity contribution in [2.75, 3.05) is 11.5 Å². The summed E-state index contributed by atoms with van der Waals surface area (Å²) in [5.41, 5.74) is 1.12. The van der Waals surface area contributed by atoms with Crippen molar-refractivity contribution in [3.63, 3.8) is 0 Å². The van der Waals surface area contributed by atoms with Crippen LogP contribution < -0.4 is 14.4 Å². The maximum absolute atomic E-state index is 14.3. The van der Waals surface area contributed by atoms with Gasteiger partial charge in [0.15, 0.2) is 30.7 Å². The van der Waals surface area contributed by atoms with Gasteiger partial charge in [-0.25, -0.2) is 18.8 Å². The summed E-state index contributed by atoms with van der Waals surface area (Å²) in [4.78, 5) is 51.4. The molecule has 4 aliphatic rings. The number of amides is 1. The van der Waals surface area contributed by atoms with E-state index >= 15 is 0 Å². The molecule has 0 bridgehead atoms.